The van der Waals surface area contributed by atoms with Crippen molar-refractivity contribution in [2.24, 2.45) is 0 Å². The number of aliphatic carboxylic acids is 1. The van der Waals surface area contributed by atoms with E-state index in [2.05, 4.69) is 179 Å². The summed E-state index contributed by atoms with van der Waals surface area (Å²) in [5.41, 5.74) is 7.56. The highest BCUT2D eigenvalue weighted by molar-refractivity contribution is 14.1. The van der Waals surface area contributed by atoms with E-state index in [-0.39, 0.29) is 5.70 Å². The third-order valence-electron chi connectivity index (χ3n) is 8.31. The van der Waals surface area contributed by atoms with Gasteiger partial charge < -0.3 is 14.2 Å². The Balaban J connectivity index is 1.25. The summed E-state index contributed by atoms with van der Waals surface area (Å²) < 4.78 is 8.27. The van der Waals surface area contributed by atoms with Gasteiger partial charge in [0, 0.05) is 53.4 Å². The molecule has 0 saturated carbocycles. The summed E-state index contributed by atoms with van der Waals surface area (Å²) in [5.74, 6) is -1.22. The summed E-state index contributed by atoms with van der Waals surface area (Å²) in [6.45, 7) is 7.17. The molecule has 3 aromatic heterocycles. The molecule has 226 valence electrons. The van der Waals surface area contributed by atoms with Crippen LogP contribution in [-0.2, 0) is 4.79 Å². The molecule has 8 aromatic rings. The van der Waals surface area contributed by atoms with E-state index in [4.69, 9.17) is 6.57 Å². The molecule has 0 bridgehead atoms. The number of halogens is 3. The molecule has 0 aliphatic rings. The lowest BCUT2D eigenvalue weighted by molar-refractivity contribution is -0.132. The normalized spacial score (nSPS) is 12.0. The van der Waals surface area contributed by atoms with E-state index in [9.17, 15) is 9.90 Å². The van der Waals surface area contributed by atoms with Crippen LogP contribution < -0.4 is 0 Å². The standard InChI is InChI=1S/C38H20I3N3O2S/c1-42-32(38(45)46)20-27-10-15-37(47-27)21-2-11-33-28(16-21)29-17-22(39)3-12-34(29)43(33)25-6-8-26(9-7-25)44-35-13-4-23(40)18-30(35)31-19-24(41)5-14-36(31)44/h2-20H,(H,45,46). The largest absolute Gasteiger partial charge is 0.486 e. The number of benzene rings is 5. The number of carbonyl (C=O) groups is 1. The Kier molecular flexibility index (Phi) is 7.86. The predicted octanol–water partition coefficient (Wildman–Crippen LogP) is 11.8. The Labute approximate surface area is 314 Å². The van der Waals surface area contributed by atoms with E-state index in [1.807, 2.05) is 12.1 Å². The number of hydrogen-bond acceptors (Lipinski definition) is 2. The summed E-state index contributed by atoms with van der Waals surface area (Å²) in [6, 6.07) is 39.0. The van der Waals surface area contributed by atoms with Crippen LogP contribution in [0.4, 0.5) is 0 Å². The van der Waals surface area contributed by atoms with E-state index in [1.54, 1.807) is 0 Å². The van der Waals surface area contributed by atoms with Crippen LogP contribution in [0.2, 0.25) is 0 Å². The van der Waals surface area contributed by atoms with Gasteiger partial charge in [0.1, 0.15) is 0 Å². The average Bonchev–Trinajstić information content (AvgIpc) is 3.75. The highest BCUT2D eigenvalue weighted by Crippen LogP contribution is 2.39. The highest BCUT2D eigenvalue weighted by atomic mass is 127. The number of hydrogen-bond donors (Lipinski definition) is 1. The van der Waals surface area contributed by atoms with Crippen molar-refractivity contribution in [3.05, 3.63) is 142 Å². The van der Waals surface area contributed by atoms with Crippen molar-refractivity contribution in [1.82, 2.24) is 9.13 Å². The summed E-state index contributed by atoms with van der Waals surface area (Å²) in [7, 11) is 0. The zero-order chi connectivity index (χ0) is 32.4. The number of aromatic nitrogens is 2. The number of thiophene rings is 1. The second kappa shape index (κ2) is 12.1. The first-order valence-corrected chi connectivity index (χ1v) is 18.5. The SMILES string of the molecule is [C-]#[N+]C(=Cc1ccc(-c2ccc3c(c2)c2cc(I)ccc2n3-c2ccc(-n3c4ccc(I)cc4c4cc(I)ccc43)cc2)s1)C(=O)O. The fourth-order valence-electron chi connectivity index (χ4n) is 6.29. The van der Waals surface area contributed by atoms with Crippen LogP contribution in [0, 0.1) is 17.3 Å². The van der Waals surface area contributed by atoms with Crippen molar-refractivity contribution in [3.63, 3.8) is 0 Å². The Morgan fingerprint density at radius 3 is 1.53 bits per heavy atom. The molecule has 5 nitrogen and oxygen atoms in total. The molecule has 0 spiro atoms. The first-order valence-electron chi connectivity index (χ1n) is 14.5. The molecule has 8 rings (SSSR count). The Hall–Kier alpha value is -3.71. The van der Waals surface area contributed by atoms with Gasteiger partial charge in [-0.25, -0.2) is 4.85 Å². The predicted molar refractivity (Wildman–Crippen MR) is 219 cm³/mol. The Bertz CT molecular complexity index is 2600. The molecule has 0 fully saturated rings. The van der Waals surface area contributed by atoms with Crippen LogP contribution in [0.1, 0.15) is 4.88 Å². The van der Waals surface area contributed by atoms with Gasteiger partial charge in [0.25, 0.3) is 5.70 Å². The quantitative estimate of drug-likeness (QED) is 0.106. The molecular formula is C38H20I3N3O2S. The molecule has 47 heavy (non-hydrogen) atoms. The zero-order valence-corrected chi connectivity index (χ0v) is 31.5. The number of carboxylic acids is 1. The third-order valence-corrected chi connectivity index (χ3v) is 11.4. The van der Waals surface area contributed by atoms with Crippen molar-refractivity contribution < 1.29 is 9.90 Å². The van der Waals surface area contributed by atoms with Gasteiger partial charge in [0.2, 0.25) is 0 Å². The minimum Gasteiger partial charge on any atom is -0.486 e. The fraction of sp³-hybridized carbons (Fsp3) is 0. The lowest BCUT2D eigenvalue weighted by atomic mass is 10.1. The molecule has 0 saturated heterocycles. The molecule has 0 amide bonds. The first kappa shape index (κ1) is 30.6. The molecular weight excluding hydrogens is 943 g/mol. The smallest absolute Gasteiger partial charge is 0.333 e. The molecule has 0 aliphatic carbocycles. The van der Waals surface area contributed by atoms with Crippen LogP contribution in [-0.4, -0.2) is 20.2 Å². The van der Waals surface area contributed by atoms with E-state index in [0.29, 0.717) is 0 Å². The van der Waals surface area contributed by atoms with Gasteiger partial charge >= 0.3 is 5.97 Å². The van der Waals surface area contributed by atoms with Gasteiger partial charge in [-0.2, -0.15) is 0 Å². The van der Waals surface area contributed by atoms with Crippen LogP contribution >= 0.6 is 79.1 Å². The number of fused-ring (bicyclic) bond motifs is 6. The first-order chi connectivity index (χ1) is 22.8. The van der Waals surface area contributed by atoms with E-state index in [0.717, 1.165) is 46.7 Å². The molecule has 1 N–H and O–H groups in total. The van der Waals surface area contributed by atoms with Crippen LogP contribution in [0.25, 0.3) is 76.3 Å². The Morgan fingerprint density at radius 1 is 0.638 bits per heavy atom. The van der Waals surface area contributed by atoms with Gasteiger partial charge in [-0.15, -0.1) is 11.3 Å². The van der Waals surface area contributed by atoms with Crippen LogP contribution in [0.15, 0.2) is 115 Å². The van der Waals surface area contributed by atoms with E-state index in [1.165, 1.54) is 51.7 Å². The van der Waals surface area contributed by atoms with Crippen molar-refractivity contribution >= 4 is 135 Å². The maximum absolute atomic E-state index is 11.4. The number of nitrogens with zero attached hydrogens (tertiary/aromatic N) is 3. The number of rotatable bonds is 5. The van der Waals surface area contributed by atoms with Crippen LogP contribution in [0.3, 0.4) is 0 Å². The van der Waals surface area contributed by atoms with Crippen LogP contribution in [0.5, 0.6) is 0 Å². The summed E-state index contributed by atoms with van der Waals surface area (Å²) in [4.78, 5) is 16.2. The minimum absolute atomic E-state index is 0.291. The minimum atomic E-state index is -1.22. The monoisotopic (exact) mass is 963 g/mol. The summed E-state index contributed by atoms with van der Waals surface area (Å²) in [6.07, 6.45) is 1.43. The van der Waals surface area contributed by atoms with Crippen molar-refractivity contribution in [1.29, 1.82) is 0 Å². The second-order valence-electron chi connectivity index (χ2n) is 11.1. The molecule has 3 heterocycles. The summed E-state index contributed by atoms with van der Waals surface area (Å²) in [5, 5.41) is 14.1. The fourth-order valence-corrected chi connectivity index (χ4v) is 8.70. The van der Waals surface area contributed by atoms with Gasteiger partial charge in [-0.05, 0) is 183 Å². The van der Waals surface area contributed by atoms with Gasteiger partial charge in [0.05, 0.1) is 28.6 Å². The Morgan fingerprint density at radius 2 is 1.09 bits per heavy atom. The molecule has 0 aliphatic heterocycles. The highest BCUT2D eigenvalue weighted by Gasteiger charge is 2.17. The average molecular weight is 963 g/mol. The molecule has 5 aromatic carbocycles. The molecule has 0 atom stereocenters. The lowest BCUT2D eigenvalue weighted by Crippen LogP contribution is -1.97. The van der Waals surface area contributed by atoms with Gasteiger partial charge in [0.15, 0.2) is 0 Å². The molecule has 0 radical (unpaired) electrons. The summed E-state index contributed by atoms with van der Waals surface area (Å²) >= 11 is 8.62. The van der Waals surface area contributed by atoms with Gasteiger partial charge in [-0.3, -0.25) is 4.79 Å². The van der Waals surface area contributed by atoms with E-state index >= 15 is 0 Å². The van der Waals surface area contributed by atoms with Crippen molar-refractivity contribution in [3.8, 4) is 21.8 Å². The lowest BCUT2D eigenvalue weighted by Gasteiger charge is -2.12. The maximum Gasteiger partial charge on any atom is 0.333 e. The second-order valence-corrected chi connectivity index (χ2v) is 15.9. The zero-order valence-electron chi connectivity index (χ0n) is 24.2. The van der Waals surface area contributed by atoms with Crippen molar-refractivity contribution in [2.45, 2.75) is 0 Å². The third kappa shape index (κ3) is 5.35. The van der Waals surface area contributed by atoms with Crippen molar-refractivity contribution in [2.75, 3.05) is 0 Å². The number of carboxylic acid groups (broad SMARTS) is 1. The molecule has 9 heteroatoms. The van der Waals surface area contributed by atoms with Gasteiger partial charge in [-0.1, -0.05) is 6.07 Å². The maximum atomic E-state index is 11.4. The topological polar surface area (TPSA) is 51.5 Å². The molecule has 0 unspecified atom stereocenters. The van der Waals surface area contributed by atoms with E-state index < -0.39 is 5.97 Å².